The first-order valence-electron chi connectivity index (χ1n) is 9.25. The summed E-state index contributed by atoms with van der Waals surface area (Å²) >= 11 is 0. The van der Waals surface area contributed by atoms with Gasteiger partial charge in [0.1, 0.15) is 6.17 Å². The van der Waals surface area contributed by atoms with Crippen LogP contribution in [0, 0.1) is 17.8 Å². The summed E-state index contributed by atoms with van der Waals surface area (Å²) in [5.74, 6) is 1.17. The predicted octanol–water partition coefficient (Wildman–Crippen LogP) is 1.86. The molecule has 2 aliphatic heterocycles. The lowest BCUT2D eigenvalue weighted by Gasteiger charge is -2.35. The Labute approximate surface area is 138 Å². The molecule has 3 aliphatic rings. The monoisotopic (exact) mass is 324 g/mol. The Hall–Kier alpha value is -0.810. The van der Waals surface area contributed by atoms with Gasteiger partial charge in [-0.1, -0.05) is 6.92 Å². The molecular formula is C18H31FN3O+. The first-order valence-corrected chi connectivity index (χ1v) is 9.25. The molecule has 0 spiro atoms. The quantitative estimate of drug-likeness (QED) is 0.613. The molecule has 2 fully saturated rings. The van der Waals surface area contributed by atoms with Crippen molar-refractivity contribution in [3.05, 3.63) is 0 Å². The first kappa shape index (κ1) is 17.0. The Morgan fingerprint density at radius 1 is 1.30 bits per heavy atom. The smallest absolute Gasteiger partial charge is 0.260 e. The summed E-state index contributed by atoms with van der Waals surface area (Å²) in [4.78, 5) is 11.2. The molecule has 0 radical (unpaired) electrons. The minimum atomic E-state index is -0.634. The van der Waals surface area contributed by atoms with E-state index in [4.69, 9.17) is 5.73 Å². The molecule has 23 heavy (non-hydrogen) atoms. The number of hydrogen-bond donors (Lipinski definition) is 2. The van der Waals surface area contributed by atoms with Gasteiger partial charge in [0.25, 0.3) is 6.17 Å². The molecule has 7 atom stereocenters. The summed E-state index contributed by atoms with van der Waals surface area (Å²) in [5.41, 5.74) is 7.42. The van der Waals surface area contributed by atoms with Crippen LogP contribution in [0.15, 0.2) is 0 Å². The summed E-state index contributed by atoms with van der Waals surface area (Å²) < 4.78 is 16.0. The van der Waals surface area contributed by atoms with E-state index in [-0.39, 0.29) is 5.92 Å². The number of carbonyl (C=O) groups excluding carboxylic acids is 1. The highest BCUT2D eigenvalue weighted by Crippen LogP contribution is 2.38. The molecule has 130 valence electrons. The van der Waals surface area contributed by atoms with Gasteiger partial charge in [0.2, 0.25) is 6.29 Å². The van der Waals surface area contributed by atoms with E-state index in [1.165, 1.54) is 5.71 Å². The van der Waals surface area contributed by atoms with Crippen molar-refractivity contribution >= 4 is 12.0 Å². The van der Waals surface area contributed by atoms with Crippen LogP contribution in [0.5, 0.6) is 0 Å². The molecule has 1 saturated heterocycles. The zero-order valence-corrected chi connectivity index (χ0v) is 14.4. The van der Waals surface area contributed by atoms with E-state index in [9.17, 15) is 9.18 Å². The number of alkyl halides is 1. The maximum absolute atomic E-state index is 13.8. The number of nitrogens with zero attached hydrogens (tertiary/aromatic N) is 1. The molecule has 0 aromatic rings. The third kappa shape index (κ3) is 3.22. The summed E-state index contributed by atoms with van der Waals surface area (Å²) in [6, 6.07) is 0.763. The van der Waals surface area contributed by atoms with E-state index in [0.29, 0.717) is 30.3 Å². The zero-order valence-electron chi connectivity index (χ0n) is 14.4. The molecule has 0 amide bonds. The average Bonchev–Trinajstić information content (AvgIpc) is 3.15. The number of halogens is 1. The van der Waals surface area contributed by atoms with Crippen LogP contribution < -0.4 is 11.1 Å². The fourth-order valence-electron chi connectivity index (χ4n) is 5.16. The lowest BCUT2D eigenvalue weighted by Crippen LogP contribution is -2.46. The van der Waals surface area contributed by atoms with Crippen LogP contribution in [0.4, 0.5) is 4.39 Å². The van der Waals surface area contributed by atoms with E-state index in [2.05, 4.69) is 16.8 Å². The van der Waals surface area contributed by atoms with Gasteiger partial charge in [0.05, 0.1) is 5.92 Å². The lowest BCUT2D eigenvalue weighted by atomic mass is 9.73. The number of nitrogens with two attached hydrogens (primary N) is 1. The fourth-order valence-corrected chi connectivity index (χ4v) is 5.16. The van der Waals surface area contributed by atoms with Crippen LogP contribution in [0.25, 0.3) is 0 Å². The Morgan fingerprint density at radius 2 is 2.09 bits per heavy atom. The Balaban J connectivity index is 1.81. The van der Waals surface area contributed by atoms with Gasteiger partial charge in [-0.25, -0.2) is 8.97 Å². The van der Waals surface area contributed by atoms with Crippen molar-refractivity contribution in [3.8, 4) is 0 Å². The molecule has 4 nitrogen and oxygen atoms in total. The number of hydrogen-bond acceptors (Lipinski definition) is 3. The van der Waals surface area contributed by atoms with Gasteiger partial charge in [0.15, 0.2) is 11.8 Å². The van der Waals surface area contributed by atoms with Crippen LogP contribution in [-0.4, -0.2) is 47.5 Å². The van der Waals surface area contributed by atoms with E-state index in [1.807, 2.05) is 6.92 Å². The van der Waals surface area contributed by atoms with Gasteiger partial charge in [-0.15, -0.1) is 0 Å². The first-order chi connectivity index (χ1) is 11.0. The fraction of sp³-hybridized carbons (Fsp3) is 0.889. The van der Waals surface area contributed by atoms with E-state index < -0.39 is 12.3 Å². The molecule has 2 heterocycles. The van der Waals surface area contributed by atoms with Gasteiger partial charge in [-0.2, -0.15) is 0 Å². The van der Waals surface area contributed by atoms with Crippen molar-refractivity contribution in [1.82, 2.24) is 5.32 Å². The van der Waals surface area contributed by atoms with Gasteiger partial charge in [-0.05, 0) is 51.0 Å². The van der Waals surface area contributed by atoms with E-state index in [0.717, 1.165) is 44.9 Å². The van der Waals surface area contributed by atoms with Crippen molar-refractivity contribution in [2.45, 2.75) is 76.8 Å². The molecule has 0 aromatic carbocycles. The van der Waals surface area contributed by atoms with Crippen molar-refractivity contribution in [2.24, 2.45) is 23.5 Å². The average molecular weight is 324 g/mol. The lowest BCUT2D eigenvalue weighted by molar-refractivity contribution is -0.577. The molecule has 0 aromatic heterocycles. The number of aldehydes is 1. The van der Waals surface area contributed by atoms with Crippen molar-refractivity contribution in [2.75, 3.05) is 6.54 Å². The van der Waals surface area contributed by atoms with Crippen molar-refractivity contribution in [3.63, 3.8) is 0 Å². The van der Waals surface area contributed by atoms with E-state index in [1.54, 1.807) is 0 Å². The Kier molecular flexibility index (Phi) is 5.16. The molecule has 3 N–H and O–H groups in total. The third-order valence-corrected chi connectivity index (χ3v) is 6.40. The van der Waals surface area contributed by atoms with Gasteiger partial charge in [0, 0.05) is 18.9 Å². The minimum Gasteiger partial charge on any atom is -0.313 e. The normalized spacial score (nSPS) is 43.0. The Morgan fingerprint density at radius 3 is 2.78 bits per heavy atom. The largest absolute Gasteiger partial charge is 0.313 e. The van der Waals surface area contributed by atoms with Crippen LogP contribution in [0.2, 0.25) is 0 Å². The third-order valence-electron chi connectivity index (χ3n) is 6.40. The molecule has 5 heteroatoms. The second kappa shape index (κ2) is 6.98. The van der Waals surface area contributed by atoms with E-state index >= 15 is 0 Å². The van der Waals surface area contributed by atoms with Crippen molar-refractivity contribution < 1.29 is 13.8 Å². The predicted molar refractivity (Wildman–Crippen MR) is 89.3 cm³/mol. The van der Waals surface area contributed by atoms with Gasteiger partial charge < -0.3 is 5.32 Å². The summed E-state index contributed by atoms with van der Waals surface area (Å²) in [6.45, 7) is 5.21. The van der Waals surface area contributed by atoms with Gasteiger partial charge >= 0.3 is 0 Å². The molecular weight excluding hydrogens is 293 g/mol. The van der Waals surface area contributed by atoms with Crippen LogP contribution in [-0.2, 0) is 4.79 Å². The molecule has 7 unspecified atom stereocenters. The minimum absolute atomic E-state index is 0.164. The SMILES string of the molecule is CC1CC(C2NCCC2C2=[N+](C(N)C=O)C(C)CC2)CCC1F. The number of carbonyl (C=O) groups is 1. The number of rotatable bonds is 4. The van der Waals surface area contributed by atoms with Gasteiger partial charge in [-0.3, -0.25) is 10.5 Å². The van der Waals surface area contributed by atoms with Crippen LogP contribution in [0.1, 0.15) is 52.4 Å². The summed E-state index contributed by atoms with van der Waals surface area (Å²) in [6.07, 6.45) is 5.57. The second-order valence-corrected chi connectivity index (χ2v) is 7.85. The van der Waals surface area contributed by atoms with Crippen LogP contribution in [0.3, 0.4) is 0 Å². The highest BCUT2D eigenvalue weighted by atomic mass is 19.1. The summed E-state index contributed by atoms with van der Waals surface area (Å²) in [5, 5.41) is 3.68. The van der Waals surface area contributed by atoms with Crippen molar-refractivity contribution in [1.29, 1.82) is 0 Å². The molecule has 1 aliphatic carbocycles. The maximum Gasteiger partial charge on any atom is 0.260 e. The number of nitrogens with one attached hydrogen (secondary N) is 1. The van der Waals surface area contributed by atoms with Crippen LogP contribution >= 0.6 is 0 Å². The molecule has 1 saturated carbocycles. The standard InChI is InChI=1S/C18H31FN3O/c1-11-9-13(4-5-15(11)19)18-14(7-8-21-18)16-6-3-12(2)22(16)17(20)10-23/h10-15,17-18,21H,3-9,20H2,1-2H3/q+1. The molecule has 3 rings (SSSR count). The zero-order chi connectivity index (χ0) is 16.6. The molecule has 0 bridgehead atoms. The highest BCUT2D eigenvalue weighted by molar-refractivity contribution is 5.85. The Bertz CT molecular complexity index is 481. The highest BCUT2D eigenvalue weighted by Gasteiger charge is 2.46. The second-order valence-electron chi connectivity index (χ2n) is 7.85. The maximum atomic E-state index is 13.8. The topological polar surface area (TPSA) is 58.1 Å². The summed E-state index contributed by atoms with van der Waals surface area (Å²) in [7, 11) is 0.